The summed E-state index contributed by atoms with van der Waals surface area (Å²) >= 11 is 0. The lowest BCUT2D eigenvalue weighted by Crippen LogP contribution is -2.40. The summed E-state index contributed by atoms with van der Waals surface area (Å²) in [6.45, 7) is 5.59. The number of aryl methyl sites for hydroxylation is 2. The SMILES string of the molecule is C/C=C/CC(NC(=O)c1ccc(C)cc1C)C(=O)O. The first-order chi connectivity index (χ1) is 8.95. The van der Waals surface area contributed by atoms with E-state index in [1.165, 1.54) is 0 Å². The first kappa shape index (κ1) is 15.0. The van der Waals surface area contributed by atoms with E-state index in [-0.39, 0.29) is 12.3 Å². The minimum atomic E-state index is -1.03. The van der Waals surface area contributed by atoms with Crippen LogP contribution in [0.15, 0.2) is 30.4 Å². The Balaban J connectivity index is 2.84. The Morgan fingerprint density at radius 1 is 1.37 bits per heavy atom. The molecule has 1 atom stereocenters. The average molecular weight is 261 g/mol. The van der Waals surface area contributed by atoms with Crippen LogP contribution in [0.4, 0.5) is 0 Å². The molecule has 1 aromatic rings. The van der Waals surface area contributed by atoms with Crippen LogP contribution in [-0.4, -0.2) is 23.0 Å². The van der Waals surface area contributed by atoms with Crippen LogP contribution in [0.1, 0.15) is 34.8 Å². The van der Waals surface area contributed by atoms with Gasteiger partial charge in [0.15, 0.2) is 0 Å². The van der Waals surface area contributed by atoms with Crippen molar-refractivity contribution in [2.45, 2.75) is 33.2 Å². The van der Waals surface area contributed by atoms with E-state index in [1.54, 1.807) is 18.2 Å². The van der Waals surface area contributed by atoms with Gasteiger partial charge in [0.1, 0.15) is 6.04 Å². The number of carbonyl (C=O) groups excluding carboxylic acids is 1. The standard InChI is InChI=1S/C15H19NO3/c1-4-5-6-13(15(18)19)16-14(17)12-8-7-10(2)9-11(12)3/h4-5,7-9,13H,6H2,1-3H3,(H,16,17)(H,18,19)/b5-4+. The zero-order valence-corrected chi connectivity index (χ0v) is 11.4. The molecular weight excluding hydrogens is 242 g/mol. The zero-order valence-electron chi connectivity index (χ0n) is 11.4. The van der Waals surface area contributed by atoms with Gasteiger partial charge in [0, 0.05) is 5.56 Å². The Kier molecular flexibility index (Phi) is 5.30. The molecule has 0 aliphatic heterocycles. The second-order valence-corrected chi connectivity index (χ2v) is 4.49. The molecule has 0 fully saturated rings. The van der Waals surface area contributed by atoms with Crippen molar-refractivity contribution in [1.82, 2.24) is 5.32 Å². The quantitative estimate of drug-likeness (QED) is 0.800. The summed E-state index contributed by atoms with van der Waals surface area (Å²) in [4.78, 5) is 23.1. The molecular formula is C15H19NO3. The van der Waals surface area contributed by atoms with Crippen molar-refractivity contribution in [3.8, 4) is 0 Å². The summed E-state index contributed by atoms with van der Waals surface area (Å²) in [6, 6.07) is 4.55. The van der Waals surface area contributed by atoms with Gasteiger partial charge in [-0.05, 0) is 38.8 Å². The Morgan fingerprint density at radius 3 is 2.58 bits per heavy atom. The van der Waals surface area contributed by atoms with Crippen molar-refractivity contribution in [3.05, 3.63) is 47.0 Å². The van der Waals surface area contributed by atoms with Crippen LogP contribution in [0.2, 0.25) is 0 Å². The van der Waals surface area contributed by atoms with Crippen LogP contribution < -0.4 is 5.32 Å². The van der Waals surface area contributed by atoms with Gasteiger partial charge in [0.05, 0.1) is 0 Å². The van der Waals surface area contributed by atoms with Crippen molar-refractivity contribution in [2.24, 2.45) is 0 Å². The molecule has 0 saturated carbocycles. The second kappa shape index (κ2) is 6.73. The van der Waals surface area contributed by atoms with E-state index in [1.807, 2.05) is 32.9 Å². The average Bonchev–Trinajstić information content (AvgIpc) is 2.33. The van der Waals surface area contributed by atoms with Gasteiger partial charge in [-0.1, -0.05) is 29.8 Å². The maximum absolute atomic E-state index is 12.1. The highest BCUT2D eigenvalue weighted by Gasteiger charge is 2.20. The summed E-state index contributed by atoms with van der Waals surface area (Å²) in [6.07, 6.45) is 3.77. The summed E-state index contributed by atoms with van der Waals surface area (Å²) in [5, 5.41) is 11.6. The van der Waals surface area contributed by atoms with E-state index in [0.29, 0.717) is 5.56 Å². The van der Waals surface area contributed by atoms with Gasteiger partial charge in [-0.25, -0.2) is 4.79 Å². The molecule has 1 aromatic carbocycles. The van der Waals surface area contributed by atoms with Gasteiger partial charge < -0.3 is 10.4 Å². The fraction of sp³-hybridized carbons (Fsp3) is 0.333. The van der Waals surface area contributed by atoms with E-state index < -0.39 is 12.0 Å². The Morgan fingerprint density at radius 2 is 2.05 bits per heavy atom. The fourth-order valence-electron chi connectivity index (χ4n) is 1.80. The molecule has 1 amide bonds. The predicted octanol–water partition coefficient (Wildman–Crippen LogP) is 2.45. The summed E-state index contributed by atoms with van der Waals surface area (Å²) in [5.41, 5.74) is 2.42. The lowest BCUT2D eigenvalue weighted by molar-refractivity contribution is -0.139. The molecule has 1 rings (SSSR count). The number of amides is 1. The third-order valence-corrected chi connectivity index (χ3v) is 2.84. The molecule has 0 aliphatic rings. The molecule has 0 aliphatic carbocycles. The molecule has 102 valence electrons. The topological polar surface area (TPSA) is 66.4 Å². The van der Waals surface area contributed by atoms with Crippen LogP contribution in [0.25, 0.3) is 0 Å². The van der Waals surface area contributed by atoms with Gasteiger partial charge in [0.2, 0.25) is 0 Å². The summed E-state index contributed by atoms with van der Waals surface area (Å²) in [5.74, 6) is -1.38. The first-order valence-electron chi connectivity index (χ1n) is 6.17. The number of carbonyl (C=O) groups is 2. The molecule has 0 saturated heterocycles. The van der Waals surface area contributed by atoms with Crippen LogP contribution >= 0.6 is 0 Å². The van der Waals surface area contributed by atoms with E-state index in [9.17, 15) is 9.59 Å². The van der Waals surface area contributed by atoms with Crippen molar-refractivity contribution in [2.75, 3.05) is 0 Å². The zero-order chi connectivity index (χ0) is 14.4. The lowest BCUT2D eigenvalue weighted by atomic mass is 10.0. The van der Waals surface area contributed by atoms with Gasteiger partial charge >= 0.3 is 5.97 Å². The fourth-order valence-corrected chi connectivity index (χ4v) is 1.80. The number of rotatable bonds is 5. The van der Waals surface area contributed by atoms with E-state index >= 15 is 0 Å². The number of hydrogen-bond donors (Lipinski definition) is 2. The summed E-state index contributed by atoms with van der Waals surface area (Å²) in [7, 11) is 0. The number of benzene rings is 1. The Hall–Kier alpha value is -2.10. The second-order valence-electron chi connectivity index (χ2n) is 4.49. The first-order valence-corrected chi connectivity index (χ1v) is 6.17. The molecule has 4 heteroatoms. The predicted molar refractivity (Wildman–Crippen MR) is 74.2 cm³/mol. The molecule has 1 unspecified atom stereocenters. The molecule has 0 spiro atoms. The maximum Gasteiger partial charge on any atom is 0.326 e. The van der Waals surface area contributed by atoms with E-state index in [4.69, 9.17) is 5.11 Å². The van der Waals surface area contributed by atoms with Gasteiger partial charge in [-0.2, -0.15) is 0 Å². The van der Waals surface area contributed by atoms with E-state index in [0.717, 1.165) is 11.1 Å². The number of nitrogens with one attached hydrogen (secondary N) is 1. The van der Waals surface area contributed by atoms with E-state index in [2.05, 4.69) is 5.32 Å². The number of hydrogen-bond acceptors (Lipinski definition) is 2. The van der Waals surface area contributed by atoms with Crippen molar-refractivity contribution in [1.29, 1.82) is 0 Å². The van der Waals surface area contributed by atoms with Crippen molar-refractivity contribution in [3.63, 3.8) is 0 Å². The monoisotopic (exact) mass is 261 g/mol. The smallest absolute Gasteiger partial charge is 0.326 e. The van der Waals surface area contributed by atoms with Crippen LogP contribution in [0.3, 0.4) is 0 Å². The minimum Gasteiger partial charge on any atom is -0.480 e. The third kappa shape index (κ3) is 4.25. The number of aliphatic carboxylic acids is 1. The van der Waals surface area contributed by atoms with Gasteiger partial charge in [-0.15, -0.1) is 0 Å². The molecule has 0 radical (unpaired) electrons. The summed E-state index contributed by atoms with van der Waals surface area (Å²) < 4.78 is 0. The lowest BCUT2D eigenvalue weighted by Gasteiger charge is -2.14. The van der Waals surface area contributed by atoms with Gasteiger partial charge in [0.25, 0.3) is 5.91 Å². The highest BCUT2D eigenvalue weighted by atomic mass is 16.4. The van der Waals surface area contributed by atoms with Crippen molar-refractivity contribution < 1.29 is 14.7 Å². The highest BCUT2D eigenvalue weighted by Crippen LogP contribution is 2.11. The molecule has 0 bridgehead atoms. The third-order valence-electron chi connectivity index (χ3n) is 2.84. The normalized spacial score (nSPS) is 12.4. The number of allylic oxidation sites excluding steroid dienone is 1. The number of carboxylic acids is 1. The minimum absolute atomic E-state index is 0.280. The van der Waals surface area contributed by atoms with Gasteiger partial charge in [-0.3, -0.25) is 4.79 Å². The molecule has 4 nitrogen and oxygen atoms in total. The number of carboxylic acid groups (broad SMARTS) is 1. The molecule has 0 heterocycles. The maximum atomic E-state index is 12.1. The van der Waals surface area contributed by atoms with Crippen LogP contribution in [-0.2, 0) is 4.79 Å². The highest BCUT2D eigenvalue weighted by molar-refractivity contribution is 5.97. The van der Waals surface area contributed by atoms with Crippen LogP contribution in [0, 0.1) is 13.8 Å². The largest absolute Gasteiger partial charge is 0.480 e. The Labute approximate surface area is 113 Å². The molecule has 0 aromatic heterocycles. The Bertz CT molecular complexity index is 506. The molecule has 19 heavy (non-hydrogen) atoms. The van der Waals surface area contributed by atoms with Crippen LogP contribution in [0.5, 0.6) is 0 Å². The van der Waals surface area contributed by atoms with Crippen molar-refractivity contribution >= 4 is 11.9 Å². The molecule has 2 N–H and O–H groups in total.